The average Bonchev–Trinajstić information content (AvgIpc) is 3.09. The SMILES string of the molecule is Cl.NCC1CCCCC1NC(=O)c1ccc(-c2ccco2)[nH]c1=O. The molecule has 0 bridgehead atoms. The number of rotatable bonds is 4. The van der Waals surface area contributed by atoms with Gasteiger partial charge in [-0.1, -0.05) is 12.8 Å². The van der Waals surface area contributed by atoms with Crippen LogP contribution in [-0.2, 0) is 0 Å². The van der Waals surface area contributed by atoms with Crippen molar-refractivity contribution in [1.82, 2.24) is 10.3 Å². The molecule has 24 heavy (non-hydrogen) atoms. The first-order chi connectivity index (χ1) is 11.2. The number of halogens is 1. The van der Waals surface area contributed by atoms with Crippen molar-refractivity contribution in [2.75, 3.05) is 6.54 Å². The first-order valence-corrected chi connectivity index (χ1v) is 7.97. The minimum atomic E-state index is -0.420. The second-order valence-electron chi connectivity index (χ2n) is 5.95. The van der Waals surface area contributed by atoms with Gasteiger partial charge in [-0.05, 0) is 49.6 Å². The molecule has 2 atom stereocenters. The number of carbonyl (C=O) groups excluding carboxylic acids is 1. The highest BCUT2D eigenvalue weighted by Gasteiger charge is 2.26. The third-order valence-electron chi connectivity index (χ3n) is 4.47. The Morgan fingerprint density at radius 2 is 2.08 bits per heavy atom. The van der Waals surface area contributed by atoms with Crippen molar-refractivity contribution in [2.24, 2.45) is 11.7 Å². The predicted molar refractivity (Wildman–Crippen MR) is 94.3 cm³/mol. The lowest BCUT2D eigenvalue weighted by atomic mass is 9.84. The van der Waals surface area contributed by atoms with E-state index in [1.54, 1.807) is 18.2 Å². The molecule has 1 saturated carbocycles. The highest BCUT2D eigenvalue weighted by molar-refractivity contribution is 5.94. The molecule has 6 nitrogen and oxygen atoms in total. The molecule has 0 aliphatic heterocycles. The number of H-pyrrole nitrogens is 1. The molecule has 1 fully saturated rings. The maximum Gasteiger partial charge on any atom is 0.261 e. The minimum absolute atomic E-state index is 0. The number of nitrogens with two attached hydrogens (primary N) is 1. The van der Waals surface area contributed by atoms with Gasteiger partial charge in [0.25, 0.3) is 11.5 Å². The van der Waals surface area contributed by atoms with Crippen LogP contribution in [0.2, 0.25) is 0 Å². The molecule has 0 radical (unpaired) electrons. The van der Waals surface area contributed by atoms with Gasteiger partial charge in [0.05, 0.1) is 12.0 Å². The van der Waals surface area contributed by atoms with Crippen molar-refractivity contribution in [3.8, 4) is 11.5 Å². The van der Waals surface area contributed by atoms with E-state index in [1.165, 1.54) is 12.3 Å². The molecular formula is C17H22ClN3O3. The number of nitrogens with one attached hydrogen (secondary N) is 2. The first-order valence-electron chi connectivity index (χ1n) is 7.97. The van der Waals surface area contributed by atoms with E-state index in [2.05, 4.69) is 10.3 Å². The Morgan fingerprint density at radius 1 is 1.29 bits per heavy atom. The van der Waals surface area contributed by atoms with Gasteiger partial charge in [-0.25, -0.2) is 0 Å². The summed E-state index contributed by atoms with van der Waals surface area (Å²) in [5.74, 6) is 0.501. The van der Waals surface area contributed by atoms with E-state index in [4.69, 9.17) is 10.2 Å². The summed E-state index contributed by atoms with van der Waals surface area (Å²) in [6.45, 7) is 0.554. The zero-order chi connectivity index (χ0) is 16.2. The molecule has 2 heterocycles. The maximum absolute atomic E-state index is 12.4. The molecule has 0 saturated heterocycles. The Hall–Kier alpha value is -2.05. The van der Waals surface area contributed by atoms with E-state index in [-0.39, 0.29) is 35.8 Å². The summed E-state index contributed by atoms with van der Waals surface area (Å²) in [7, 11) is 0. The van der Waals surface area contributed by atoms with Crippen LogP contribution in [0.25, 0.3) is 11.5 Å². The average molecular weight is 352 g/mol. The number of furan rings is 1. The lowest BCUT2D eigenvalue weighted by Crippen LogP contribution is -2.45. The quantitative estimate of drug-likeness (QED) is 0.786. The summed E-state index contributed by atoms with van der Waals surface area (Å²) in [6.07, 6.45) is 5.69. The largest absolute Gasteiger partial charge is 0.463 e. The van der Waals surface area contributed by atoms with Crippen molar-refractivity contribution in [3.05, 3.63) is 46.4 Å². The molecule has 2 aromatic heterocycles. The Labute approximate surface area is 146 Å². The molecule has 2 unspecified atom stereocenters. The number of aromatic amines is 1. The molecule has 1 aliphatic carbocycles. The van der Waals surface area contributed by atoms with E-state index in [0.717, 1.165) is 25.7 Å². The van der Waals surface area contributed by atoms with E-state index in [9.17, 15) is 9.59 Å². The van der Waals surface area contributed by atoms with Gasteiger partial charge in [0.15, 0.2) is 0 Å². The maximum atomic E-state index is 12.4. The van der Waals surface area contributed by atoms with Crippen molar-refractivity contribution in [2.45, 2.75) is 31.7 Å². The second-order valence-corrected chi connectivity index (χ2v) is 5.95. The zero-order valence-electron chi connectivity index (χ0n) is 13.3. The van der Waals surface area contributed by atoms with Crippen LogP contribution in [0.4, 0.5) is 0 Å². The lowest BCUT2D eigenvalue weighted by Gasteiger charge is -2.31. The molecule has 0 spiro atoms. The van der Waals surface area contributed by atoms with Gasteiger partial charge in [0.2, 0.25) is 0 Å². The fourth-order valence-electron chi connectivity index (χ4n) is 3.15. The van der Waals surface area contributed by atoms with Gasteiger partial charge in [0, 0.05) is 6.04 Å². The normalized spacial score (nSPS) is 20.2. The Kier molecular flexibility index (Phi) is 6.23. The first kappa shape index (κ1) is 18.3. The van der Waals surface area contributed by atoms with Crippen LogP contribution in [0.1, 0.15) is 36.0 Å². The third-order valence-corrected chi connectivity index (χ3v) is 4.47. The van der Waals surface area contributed by atoms with Crippen molar-refractivity contribution < 1.29 is 9.21 Å². The Balaban J connectivity index is 0.00000208. The fraction of sp³-hybridized carbons (Fsp3) is 0.412. The smallest absolute Gasteiger partial charge is 0.261 e. The van der Waals surface area contributed by atoms with Crippen LogP contribution in [-0.4, -0.2) is 23.5 Å². The summed E-state index contributed by atoms with van der Waals surface area (Å²) in [6, 6.07) is 6.75. The summed E-state index contributed by atoms with van der Waals surface area (Å²) >= 11 is 0. The topological polar surface area (TPSA) is 101 Å². The number of aromatic nitrogens is 1. The van der Waals surface area contributed by atoms with E-state index < -0.39 is 5.56 Å². The molecule has 7 heteroatoms. The van der Waals surface area contributed by atoms with Gasteiger partial charge < -0.3 is 20.5 Å². The van der Waals surface area contributed by atoms with Crippen LogP contribution in [0.5, 0.6) is 0 Å². The molecule has 1 amide bonds. The third kappa shape index (κ3) is 3.88. The fourth-order valence-corrected chi connectivity index (χ4v) is 3.15. The molecular weight excluding hydrogens is 330 g/mol. The number of carbonyl (C=O) groups is 1. The van der Waals surface area contributed by atoms with Crippen LogP contribution >= 0.6 is 12.4 Å². The lowest BCUT2D eigenvalue weighted by molar-refractivity contribution is 0.0906. The summed E-state index contributed by atoms with van der Waals surface area (Å²) in [5, 5.41) is 2.97. The number of amides is 1. The summed E-state index contributed by atoms with van der Waals surface area (Å²) in [5.41, 5.74) is 6.03. The van der Waals surface area contributed by atoms with Crippen LogP contribution in [0, 0.1) is 5.92 Å². The highest BCUT2D eigenvalue weighted by atomic mass is 35.5. The van der Waals surface area contributed by atoms with Crippen LogP contribution in [0.15, 0.2) is 39.7 Å². The number of hydrogen-bond acceptors (Lipinski definition) is 4. The van der Waals surface area contributed by atoms with Gasteiger partial charge in [-0.15, -0.1) is 12.4 Å². The number of pyridine rings is 1. The molecule has 1 aliphatic rings. The van der Waals surface area contributed by atoms with Gasteiger partial charge in [-0.3, -0.25) is 9.59 Å². The Morgan fingerprint density at radius 3 is 2.75 bits per heavy atom. The highest BCUT2D eigenvalue weighted by Crippen LogP contribution is 2.23. The Bertz CT molecular complexity index is 727. The summed E-state index contributed by atoms with van der Waals surface area (Å²) in [4.78, 5) is 27.3. The zero-order valence-corrected chi connectivity index (χ0v) is 14.1. The van der Waals surface area contributed by atoms with Gasteiger partial charge >= 0.3 is 0 Å². The molecule has 4 N–H and O–H groups in total. The van der Waals surface area contributed by atoms with E-state index >= 15 is 0 Å². The standard InChI is InChI=1S/C17H21N3O3.ClH/c18-10-11-4-1-2-5-13(11)19-16(21)12-7-8-14(20-17(12)22)15-6-3-9-23-15;/h3,6-9,11,13H,1-2,4-5,10,18H2,(H,19,21)(H,20,22);1H. The van der Waals surface area contributed by atoms with Crippen LogP contribution in [0.3, 0.4) is 0 Å². The monoisotopic (exact) mass is 351 g/mol. The van der Waals surface area contributed by atoms with Crippen LogP contribution < -0.4 is 16.6 Å². The van der Waals surface area contributed by atoms with Gasteiger partial charge in [-0.2, -0.15) is 0 Å². The molecule has 2 aromatic rings. The van der Waals surface area contributed by atoms with E-state index in [1.807, 2.05) is 0 Å². The van der Waals surface area contributed by atoms with Crippen molar-refractivity contribution in [3.63, 3.8) is 0 Å². The molecule has 3 rings (SSSR count). The summed E-state index contributed by atoms with van der Waals surface area (Å²) < 4.78 is 5.24. The number of hydrogen-bond donors (Lipinski definition) is 3. The molecule has 0 aromatic carbocycles. The predicted octanol–water partition coefficient (Wildman–Crippen LogP) is 2.30. The van der Waals surface area contributed by atoms with E-state index in [0.29, 0.717) is 18.0 Å². The minimum Gasteiger partial charge on any atom is -0.463 e. The van der Waals surface area contributed by atoms with Crippen molar-refractivity contribution in [1.29, 1.82) is 0 Å². The molecule has 130 valence electrons. The second kappa shape index (κ2) is 8.17. The van der Waals surface area contributed by atoms with Gasteiger partial charge in [0.1, 0.15) is 11.3 Å². The van der Waals surface area contributed by atoms with Crippen molar-refractivity contribution >= 4 is 18.3 Å².